The highest BCUT2D eigenvalue weighted by molar-refractivity contribution is 5.80. The maximum atomic E-state index is 13.0. The Morgan fingerprint density at radius 1 is 0.607 bits per heavy atom. The van der Waals surface area contributed by atoms with Crippen LogP contribution in [0.4, 0.5) is 0 Å². The van der Waals surface area contributed by atoms with Crippen LogP contribution in [0.1, 0.15) is 187 Å². The van der Waals surface area contributed by atoms with Crippen molar-refractivity contribution in [1.82, 2.24) is 5.32 Å². The van der Waals surface area contributed by atoms with Gasteiger partial charge in [-0.25, -0.2) is 0 Å². The van der Waals surface area contributed by atoms with Gasteiger partial charge >= 0.3 is 0 Å². The van der Waals surface area contributed by atoms with Gasteiger partial charge in [0.1, 0.15) is 36.6 Å². The van der Waals surface area contributed by atoms with E-state index in [0.717, 1.165) is 38.5 Å². The molecule has 11 nitrogen and oxygen atoms in total. The summed E-state index contributed by atoms with van der Waals surface area (Å²) in [6.45, 7) is 3.40. The second kappa shape index (κ2) is 35.5. The number of unbranched alkanes of at least 4 members (excludes halogenated alkanes) is 21. The van der Waals surface area contributed by atoms with Gasteiger partial charge in [-0.15, -0.1) is 0 Å². The van der Waals surface area contributed by atoms with Crippen molar-refractivity contribution in [2.45, 2.75) is 242 Å². The summed E-state index contributed by atoms with van der Waals surface area (Å²) >= 11 is 0. The summed E-state index contributed by atoms with van der Waals surface area (Å²) in [5, 5.41) is 75.5. The monoisotopic (exact) mass is 800 g/mol. The third-order valence-corrected chi connectivity index (χ3v) is 11.0. The van der Waals surface area contributed by atoms with Crippen LogP contribution in [-0.4, -0.2) is 110 Å². The molecule has 0 aromatic carbocycles. The minimum Gasteiger partial charge on any atom is -0.394 e. The summed E-state index contributed by atoms with van der Waals surface area (Å²) in [5.41, 5.74) is 0. The van der Waals surface area contributed by atoms with E-state index >= 15 is 0 Å². The number of aliphatic hydroxyl groups is 7. The van der Waals surface area contributed by atoms with Crippen LogP contribution >= 0.6 is 0 Å². The van der Waals surface area contributed by atoms with Gasteiger partial charge in [-0.1, -0.05) is 160 Å². The van der Waals surface area contributed by atoms with Crippen LogP contribution in [-0.2, 0) is 14.3 Å². The molecular weight excluding hydrogens is 714 g/mol. The minimum absolute atomic E-state index is 0.248. The van der Waals surface area contributed by atoms with Crippen molar-refractivity contribution in [3.8, 4) is 0 Å². The number of carbonyl (C=O) groups is 1. The second-order valence-electron chi connectivity index (χ2n) is 16.1. The lowest BCUT2D eigenvalue weighted by molar-refractivity contribution is -0.303. The molecule has 1 heterocycles. The van der Waals surface area contributed by atoms with Crippen molar-refractivity contribution in [3.05, 3.63) is 24.3 Å². The van der Waals surface area contributed by atoms with E-state index in [1.807, 2.05) is 0 Å². The molecule has 1 amide bonds. The molecule has 1 aliphatic rings. The molecule has 9 atom stereocenters. The highest BCUT2D eigenvalue weighted by Gasteiger charge is 2.44. The normalized spacial score (nSPS) is 22.5. The quantitative estimate of drug-likeness (QED) is 0.0239. The second-order valence-corrected chi connectivity index (χ2v) is 16.1. The number of amides is 1. The molecule has 1 aliphatic heterocycles. The average molecular weight is 800 g/mol. The molecule has 0 spiro atoms. The third kappa shape index (κ3) is 25.2. The summed E-state index contributed by atoms with van der Waals surface area (Å²) < 4.78 is 11.1. The Labute approximate surface area is 340 Å². The predicted molar refractivity (Wildman–Crippen MR) is 224 cm³/mol. The zero-order chi connectivity index (χ0) is 41.2. The van der Waals surface area contributed by atoms with E-state index in [2.05, 4.69) is 43.5 Å². The topological polar surface area (TPSA) is 189 Å². The van der Waals surface area contributed by atoms with Gasteiger partial charge in [-0.2, -0.15) is 0 Å². The summed E-state index contributed by atoms with van der Waals surface area (Å²) in [5.74, 6) is -0.712. The van der Waals surface area contributed by atoms with E-state index in [1.54, 1.807) is 0 Å². The maximum absolute atomic E-state index is 13.0. The van der Waals surface area contributed by atoms with Crippen LogP contribution in [0.5, 0.6) is 0 Å². The molecule has 0 aromatic rings. The molecule has 1 saturated heterocycles. The smallest absolute Gasteiger partial charge is 0.249 e. The van der Waals surface area contributed by atoms with E-state index < -0.39 is 74.2 Å². The van der Waals surface area contributed by atoms with Crippen LogP contribution in [0.15, 0.2) is 24.3 Å². The lowest BCUT2D eigenvalue weighted by atomic mass is 9.98. The Balaban J connectivity index is 2.51. The summed E-state index contributed by atoms with van der Waals surface area (Å²) in [6, 6.07) is -1.19. The number of allylic oxidation sites excluding steroid dienone is 4. The fourth-order valence-electron chi connectivity index (χ4n) is 7.16. The first-order valence-corrected chi connectivity index (χ1v) is 22.7. The van der Waals surface area contributed by atoms with Crippen LogP contribution < -0.4 is 5.32 Å². The number of aliphatic hydroxyl groups excluding tert-OH is 7. The molecule has 8 N–H and O–H groups in total. The molecule has 0 aromatic heterocycles. The molecule has 56 heavy (non-hydrogen) atoms. The lowest BCUT2D eigenvalue weighted by Crippen LogP contribution is -2.60. The van der Waals surface area contributed by atoms with Crippen molar-refractivity contribution >= 4 is 5.91 Å². The first-order chi connectivity index (χ1) is 27.2. The molecule has 0 saturated carbocycles. The number of rotatable bonds is 37. The van der Waals surface area contributed by atoms with Crippen LogP contribution in [0.2, 0.25) is 0 Å². The summed E-state index contributed by atoms with van der Waals surface area (Å²) in [6.07, 6.45) is 26.6. The van der Waals surface area contributed by atoms with E-state index in [1.165, 1.54) is 103 Å². The van der Waals surface area contributed by atoms with Crippen LogP contribution in [0, 0.1) is 0 Å². The largest absolute Gasteiger partial charge is 0.394 e. The van der Waals surface area contributed by atoms with Crippen molar-refractivity contribution < 1.29 is 50.0 Å². The van der Waals surface area contributed by atoms with Gasteiger partial charge in [0.05, 0.1) is 25.4 Å². The Morgan fingerprint density at radius 3 is 1.59 bits per heavy atom. The van der Waals surface area contributed by atoms with Crippen molar-refractivity contribution in [2.24, 2.45) is 0 Å². The third-order valence-electron chi connectivity index (χ3n) is 11.0. The van der Waals surface area contributed by atoms with Gasteiger partial charge in [0.2, 0.25) is 5.91 Å². The van der Waals surface area contributed by atoms with Crippen molar-refractivity contribution in [2.75, 3.05) is 13.2 Å². The Kier molecular flexibility index (Phi) is 33.4. The lowest BCUT2D eigenvalue weighted by Gasteiger charge is -2.40. The fourth-order valence-corrected chi connectivity index (χ4v) is 7.16. The molecule has 11 heteroatoms. The molecule has 9 unspecified atom stereocenters. The van der Waals surface area contributed by atoms with E-state index in [4.69, 9.17) is 9.47 Å². The number of nitrogens with one attached hydrogen (secondary N) is 1. The Bertz CT molecular complexity index is 965. The van der Waals surface area contributed by atoms with E-state index in [9.17, 15) is 40.5 Å². The number of hydrogen-bond acceptors (Lipinski definition) is 10. The van der Waals surface area contributed by atoms with E-state index in [0.29, 0.717) is 19.3 Å². The van der Waals surface area contributed by atoms with Gasteiger partial charge in [-0.05, 0) is 51.4 Å². The first kappa shape index (κ1) is 52.6. The van der Waals surface area contributed by atoms with Gasteiger partial charge in [0.15, 0.2) is 6.29 Å². The van der Waals surface area contributed by atoms with Crippen molar-refractivity contribution in [1.29, 1.82) is 0 Å². The van der Waals surface area contributed by atoms with Gasteiger partial charge in [-0.3, -0.25) is 4.79 Å². The fraction of sp³-hybridized carbons (Fsp3) is 0.889. The number of carbonyl (C=O) groups excluding carboxylic acids is 1. The molecule has 0 aliphatic carbocycles. The molecule has 1 fully saturated rings. The number of hydrogen-bond donors (Lipinski definition) is 8. The molecule has 1 rings (SSSR count). The number of ether oxygens (including phenoxy) is 2. The summed E-state index contributed by atoms with van der Waals surface area (Å²) in [4.78, 5) is 13.0. The summed E-state index contributed by atoms with van der Waals surface area (Å²) in [7, 11) is 0. The molecule has 0 radical (unpaired) electrons. The minimum atomic E-state index is -1.67. The van der Waals surface area contributed by atoms with Gasteiger partial charge in [0, 0.05) is 0 Å². The zero-order valence-electron chi connectivity index (χ0n) is 35.4. The first-order valence-electron chi connectivity index (χ1n) is 22.7. The standard InChI is InChI=1S/C45H85NO10/c1-3-5-7-9-11-13-15-17-18-19-20-21-23-24-26-28-30-32-37(48)40(50)36(35-55-45-43(53)42(52)41(51)39(34-47)56-45)46-44(54)38(49)33-31-29-27-25-22-16-14-12-10-8-6-4-2/h19-20,24,26,36-43,45,47-53H,3-18,21-23,25,27-35H2,1-2H3,(H,46,54)/b20-19+,26-24+. The molecule has 0 bridgehead atoms. The highest BCUT2D eigenvalue weighted by atomic mass is 16.7. The molecular formula is C45H85NO10. The van der Waals surface area contributed by atoms with Crippen LogP contribution in [0.25, 0.3) is 0 Å². The predicted octanol–water partition coefficient (Wildman–Crippen LogP) is 7.06. The average Bonchev–Trinajstić information content (AvgIpc) is 3.20. The molecule has 330 valence electrons. The highest BCUT2D eigenvalue weighted by Crippen LogP contribution is 2.23. The van der Waals surface area contributed by atoms with Crippen molar-refractivity contribution in [3.63, 3.8) is 0 Å². The van der Waals surface area contributed by atoms with Gasteiger partial charge < -0.3 is 50.5 Å². The Hall–Kier alpha value is -1.41. The zero-order valence-corrected chi connectivity index (χ0v) is 35.4. The van der Waals surface area contributed by atoms with Gasteiger partial charge in [0.25, 0.3) is 0 Å². The van der Waals surface area contributed by atoms with Crippen LogP contribution in [0.3, 0.4) is 0 Å². The van der Waals surface area contributed by atoms with E-state index in [-0.39, 0.29) is 12.8 Å². The SMILES string of the molecule is CCCCCCCCCC/C=C/CC/C=C/CCCC(O)C(O)C(COC1OC(CO)C(O)C(O)C1O)NC(=O)C(O)CCCCCCCCCCCCCC. The maximum Gasteiger partial charge on any atom is 0.249 e. The Morgan fingerprint density at radius 2 is 1.07 bits per heavy atom.